The predicted molar refractivity (Wildman–Crippen MR) is 87.5 cm³/mol. The summed E-state index contributed by atoms with van der Waals surface area (Å²) in [6.07, 6.45) is 0. The molecule has 0 aliphatic heterocycles. The van der Waals surface area contributed by atoms with Crippen LogP contribution in [0.1, 0.15) is 23.6 Å². The van der Waals surface area contributed by atoms with Crippen molar-refractivity contribution in [2.24, 2.45) is 10.9 Å². The molecule has 0 saturated carbocycles. The first-order chi connectivity index (χ1) is 7.61. The number of nitrogens with one attached hydrogen (secondary N) is 2. The Kier molecular flexibility index (Phi) is 8.59. The summed E-state index contributed by atoms with van der Waals surface area (Å²) in [6.45, 7) is 8.28. The molecule has 1 heterocycles. The number of guanidine groups is 1. The summed E-state index contributed by atoms with van der Waals surface area (Å²) in [6, 6.07) is 4.30. The van der Waals surface area contributed by atoms with Crippen LogP contribution >= 0.6 is 35.3 Å². The lowest BCUT2D eigenvalue weighted by molar-refractivity contribution is 0.615. The zero-order valence-corrected chi connectivity index (χ0v) is 14.1. The fourth-order valence-corrected chi connectivity index (χ4v) is 2.10. The van der Waals surface area contributed by atoms with Crippen LogP contribution in [-0.2, 0) is 6.54 Å². The number of halogens is 1. The number of thiophene rings is 1. The van der Waals surface area contributed by atoms with E-state index in [4.69, 9.17) is 0 Å². The number of aryl methyl sites for hydroxylation is 1. The van der Waals surface area contributed by atoms with E-state index in [9.17, 15) is 0 Å². The molecule has 1 aromatic heterocycles. The lowest BCUT2D eigenvalue weighted by Gasteiger charge is -2.12. The van der Waals surface area contributed by atoms with Crippen LogP contribution in [0.2, 0.25) is 0 Å². The van der Waals surface area contributed by atoms with E-state index in [1.54, 1.807) is 7.05 Å². The molecule has 0 unspecified atom stereocenters. The summed E-state index contributed by atoms with van der Waals surface area (Å²) in [5.74, 6) is 1.50. The number of aliphatic imine (C=N–C) groups is 1. The summed E-state index contributed by atoms with van der Waals surface area (Å²) in [4.78, 5) is 6.87. The normalized spacial score (nSPS) is 11.2. The fraction of sp³-hybridized carbons (Fsp3) is 0.583. The van der Waals surface area contributed by atoms with Crippen molar-refractivity contribution in [2.45, 2.75) is 27.3 Å². The Bertz CT molecular complexity index is 347. The maximum Gasteiger partial charge on any atom is 0.191 e. The third-order valence-electron chi connectivity index (χ3n) is 2.13. The minimum absolute atomic E-state index is 0. The van der Waals surface area contributed by atoms with E-state index in [1.807, 2.05) is 11.3 Å². The smallest absolute Gasteiger partial charge is 0.191 e. The lowest BCUT2D eigenvalue weighted by Crippen LogP contribution is -2.38. The molecule has 3 nitrogen and oxygen atoms in total. The first-order valence-electron chi connectivity index (χ1n) is 5.61. The van der Waals surface area contributed by atoms with Crippen LogP contribution in [-0.4, -0.2) is 19.6 Å². The van der Waals surface area contributed by atoms with Crippen LogP contribution in [0.5, 0.6) is 0 Å². The molecule has 5 heteroatoms. The van der Waals surface area contributed by atoms with E-state index in [0.29, 0.717) is 5.92 Å². The molecule has 17 heavy (non-hydrogen) atoms. The van der Waals surface area contributed by atoms with Gasteiger partial charge in [0, 0.05) is 23.3 Å². The zero-order chi connectivity index (χ0) is 12.0. The topological polar surface area (TPSA) is 36.4 Å². The molecule has 1 rings (SSSR count). The molecule has 0 radical (unpaired) electrons. The predicted octanol–water partition coefficient (Wildman–Crippen LogP) is 3.00. The van der Waals surface area contributed by atoms with Crippen molar-refractivity contribution in [1.29, 1.82) is 0 Å². The van der Waals surface area contributed by atoms with Crippen molar-refractivity contribution < 1.29 is 0 Å². The van der Waals surface area contributed by atoms with Crippen molar-refractivity contribution in [2.75, 3.05) is 13.6 Å². The average Bonchev–Trinajstić information content (AvgIpc) is 2.64. The largest absolute Gasteiger partial charge is 0.356 e. The van der Waals surface area contributed by atoms with Gasteiger partial charge in [-0.05, 0) is 25.0 Å². The average molecular weight is 367 g/mol. The second kappa shape index (κ2) is 8.74. The van der Waals surface area contributed by atoms with Gasteiger partial charge in [-0.3, -0.25) is 4.99 Å². The Morgan fingerprint density at radius 1 is 1.35 bits per heavy atom. The molecule has 0 atom stereocenters. The second-order valence-corrected chi connectivity index (χ2v) is 5.59. The van der Waals surface area contributed by atoms with Crippen LogP contribution in [0.25, 0.3) is 0 Å². The van der Waals surface area contributed by atoms with Gasteiger partial charge >= 0.3 is 0 Å². The van der Waals surface area contributed by atoms with Crippen molar-refractivity contribution >= 4 is 41.3 Å². The van der Waals surface area contributed by atoms with Gasteiger partial charge in [-0.2, -0.15) is 0 Å². The highest BCUT2D eigenvalue weighted by Crippen LogP contribution is 2.14. The Hall–Kier alpha value is -0.300. The Labute approximate surface area is 125 Å². The summed E-state index contributed by atoms with van der Waals surface area (Å²) in [5.41, 5.74) is 0. The molecule has 0 aliphatic carbocycles. The minimum atomic E-state index is 0. The maximum atomic E-state index is 4.18. The fourth-order valence-electron chi connectivity index (χ4n) is 1.27. The number of hydrogen-bond donors (Lipinski definition) is 2. The van der Waals surface area contributed by atoms with Gasteiger partial charge in [-0.15, -0.1) is 35.3 Å². The van der Waals surface area contributed by atoms with Crippen LogP contribution in [0, 0.1) is 12.8 Å². The highest BCUT2D eigenvalue weighted by molar-refractivity contribution is 14.0. The van der Waals surface area contributed by atoms with Gasteiger partial charge in [0.05, 0.1) is 6.54 Å². The van der Waals surface area contributed by atoms with E-state index < -0.39 is 0 Å². The van der Waals surface area contributed by atoms with Gasteiger partial charge in [0.15, 0.2) is 5.96 Å². The minimum Gasteiger partial charge on any atom is -0.356 e. The summed E-state index contributed by atoms with van der Waals surface area (Å²) < 4.78 is 0. The zero-order valence-electron chi connectivity index (χ0n) is 10.9. The standard InChI is InChI=1S/C12H21N3S.HI/c1-9(2)7-14-12(13-4)15-8-11-6-5-10(3)16-11;/h5-6,9H,7-8H2,1-4H3,(H2,13,14,15);1H. The van der Waals surface area contributed by atoms with E-state index in [0.717, 1.165) is 19.0 Å². The Morgan fingerprint density at radius 2 is 2.06 bits per heavy atom. The molecule has 1 aromatic rings. The van der Waals surface area contributed by atoms with Gasteiger partial charge in [-0.25, -0.2) is 0 Å². The third kappa shape index (κ3) is 6.88. The van der Waals surface area contributed by atoms with E-state index in [-0.39, 0.29) is 24.0 Å². The van der Waals surface area contributed by atoms with Crippen molar-refractivity contribution in [1.82, 2.24) is 10.6 Å². The molecular weight excluding hydrogens is 345 g/mol. The molecule has 0 aliphatic rings. The van der Waals surface area contributed by atoms with E-state index in [2.05, 4.69) is 48.5 Å². The second-order valence-electron chi connectivity index (χ2n) is 4.21. The summed E-state index contributed by atoms with van der Waals surface area (Å²) in [7, 11) is 1.80. The molecule has 0 saturated heterocycles. The quantitative estimate of drug-likeness (QED) is 0.488. The van der Waals surface area contributed by atoms with Gasteiger partial charge in [0.1, 0.15) is 0 Å². The maximum absolute atomic E-state index is 4.18. The molecule has 98 valence electrons. The number of nitrogens with zero attached hydrogens (tertiary/aromatic N) is 1. The van der Waals surface area contributed by atoms with Crippen LogP contribution < -0.4 is 10.6 Å². The molecule has 0 fully saturated rings. The monoisotopic (exact) mass is 367 g/mol. The van der Waals surface area contributed by atoms with Crippen molar-refractivity contribution in [3.63, 3.8) is 0 Å². The van der Waals surface area contributed by atoms with Gasteiger partial charge in [0.2, 0.25) is 0 Å². The van der Waals surface area contributed by atoms with Gasteiger partial charge < -0.3 is 10.6 Å². The van der Waals surface area contributed by atoms with Gasteiger partial charge in [0.25, 0.3) is 0 Å². The molecule has 0 spiro atoms. The van der Waals surface area contributed by atoms with E-state index in [1.165, 1.54) is 9.75 Å². The van der Waals surface area contributed by atoms with Crippen LogP contribution in [0.4, 0.5) is 0 Å². The Morgan fingerprint density at radius 3 is 2.53 bits per heavy atom. The van der Waals surface area contributed by atoms with Crippen molar-refractivity contribution in [3.8, 4) is 0 Å². The summed E-state index contributed by atoms with van der Waals surface area (Å²) >= 11 is 1.82. The SMILES string of the molecule is CN=C(NCc1ccc(C)s1)NCC(C)C.I. The van der Waals surface area contributed by atoms with Crippen LogP contribution in [0.3, 0.4) is 0 Å². The Balaban J connectivity index is 0.00000256. The molecule has 0 bridgehead atoms. The molecule has 0 aromatic carbocycles. The molecule has 2 N–H and O–H groups in total. The number of rotatable bonds is 4. The first-order valence-corrected chi connectivity index (χ1v) is 6.43. The number of hydrogen-bond acceptors (Lipinski definition) is 2. The highest BCUT2D eigenvalue weighted by Gasteiger charge is 2.00. The van der Waals surface area contributed by atoms with Gasteiger partial charge in [-0.1, -0.05) is 13.8 Å². The molecule has 0 amide bonds. The van der Waals surface area contributed by atoms with E-state index >= 15 is 0 Å². The summed E-state index contributed by atoms with van der Waals surface area (Å²) in [5, 5.41) is 6.59. The van der Waals surface area contributed by atoms with Crippen molar-refractivity contribution in [3.05, 3.63) is 21.9 Å². The van der Waals surface area contributed by atoms with Crippen LogP contribution in [0.15, 0.2) is 17.1 Å². The molecular formula is C12H22IN3S. The highest BCUT2D eigenvalue weighted by atomic mass is 127. The first kappa shape index (κ1) is 16.7. The third-order valence-corrected chi connectivity index (χ3v) is 3.13. The lowest BCUT2D eigenvalue weighted by atomic mass is 10.2.